The van der Waals surface area contributed by atoms with Crippen molar-refractivity contribution >= 4 is 68.7 Å². The van der Waals surface area contributed by atoms with Crippen LogP contribution in [0.1, 0.15) is 31.8 Å². The predicted molar refractivity (Wildman–Crippen MR) is 221 cm³/mol. The van der Waals surface area contributed by atoms with Gasteiger partial charge in [-0.3, -0.25) is 29.8 Å². The maximum Gasteiger partial charge on any atom is 0.421 e. The zero-order chi connectivity index (χ0) is 46.3. The SMILES string of the molecule is O=C(Nc1ccc(Oc2ccc3ccccc3n2)cc1)c1cc([N+](=O)[O-])ccc1Cl.O=C(Nc1ccc(Oc2ncc(C(F)(F)F)cc2C(F)(F)F)cc1)c1cc([N+](=O)[O-])ccc1Cl. The number of rotatable bonds is 10. The number of halogens is 8. The molecule has 0 unspecified atom stereocenters. The van der Waals surface area contributed by atoms with Crippen LogP contribution in [0.25, 0.3) is 10.9 Å². The highest BCUT2D eigenvalue weighted by Crippen LogP contribution is 2.40. The molecule has 2 amide bonds. The van der Waals surface area contributed by atoms with E-state index in [2.05, 4.69) is 20.6 Å². The number of carbonyl (C=O) groups is 2. The van der Waals surface area contributed by atoms with E-state index in [1.165, 1.54) is 30.3 Å². The Labute approximate surface area is 365 Å². The van der Waals surface area contributed by atoms with E-state index in [0.29, 0.717) is 17.3 Å². The standard InChI is InChI=1S/C22H14ClN3O4.C20H10ClF6N3O4/c23-19-11-8-16(26(28)29)13-18(19)22(27)24-15-6-9-17(10-7-15)30-21-12-5-14-3-1-2-4-20(14)25-21;21-16-6-3-12(30(32)33)8-14(16)17(31)29-11-1-4-13(5-2-11)34-18-15(20(25,26)27)7-10(9-28-18)19(22,23)24/h1-13H,(H,24,27);1-9H,(H,29,31). The number of anilines is 2. The number of ether oxygens (including phenoxy) is 2. The van der Waals surface area contributed by atoms with Crippen molar-refractivity contribution in [3.8, 4) is 23.3 Å². The van der Waals surface area contributed by atoms with Gasteiger partial charge in [0.25, 0.3) is 23.2 Å². The minimum Gasteiger partial charge on any atom is -0.439 e. The van der Waals surface area contributed by atoms with E-state index in [4.69, 9.17) is 32.7 Å². The molecule has 2 heterocycles. The number of aromatic nitrogens is 2. The number of non-ortho nitro benzene ring substituents is 2. The van der Waals surface area contributed by atoms with Crippen LogP contribution in [0.15, 0.2) is 134 Å². The highest BCUT2D eigenvalue weighted by atomic mass is 35.5. The molecule has 0 aliphatic carbocycles. The van der Waals surface area contributed by atoms with Gasteiger partial charge in [0.15, 0.2) is 0 Å². The fourth-order valence-corrected chi connectivity index (χ4v) is 5.85. The molecule has 7 rings (SSSR count). The van der Waals surface area contributed by atoms with Crippen LogP contribution in [-0.4, -0.2) is 31.6 Å². The van der Waals surface area contributed by atoms with Gasteiger partial charge in [-0.2, -0.15) is 26.3 Å². The molecule has 2 N–H and O–H groups in total. The molecular formula is C42H24Cl2F6N6O8. The number of para-hydroxylation sites is 1. The zero-order valence-corrected chi connectivity index (χ0v) is 33.3. The van der Waals surface area contributed by atoms with Crippen LogP contribution in [0.5, 0.6) is 23.3 Å². The first-order valence-corrected chi connectivity index (χ1v) is 18.6. The molecule has 0 radical (unpaired) electrons. The van der Waals surface area contributed by atoms with Crippen molar-refractivity contribution < 1.29 is 55.3 Å². The first-order chi connectivity index (χ1) is 30.2. The minimum atomic E-state index is -5.17. The van der Waals surface area contributed by atoms with Crippen LogP contribution in [0.3, 0.4) is 0 Å². The second kappa shape index (κ2) is 19.1. The lowest BCUT2D eigenvalue weighted by Gasteiger charge is -2.15. The third kappa shape index (κ3) is 11.5. The number of alkyl halides is 6. The van der Waals surface area contributed by atoms with E-state index in [9.17, 15) is 56.2 Å². The summed E-state index contributed by atoms with van der Waals surface area (Å²) in [6.45, 7) is 0. The van der Waals surface area contributed by atoms with Gasteiger partial charge in [-0.05, 0) is 78.9 Å². The third-order valence-corrected chi connectivity index (χ3v) is 9.19. The van der Waals surface area contributed by atoms with Crippen molar-refractivity contribution in [2.24, 2.45) is 0 Å². The van der Waals surface area contributed by atoms with Gasteiger partial charge in [-0.25, -0.2) is 9.97 Å². The second-order valence-electron chi connectivity index (χ2n) is 12.9. The van der Waals surface area contributed by atoms with Crippen LogP contribution in [0.4, 0.5) is 49.1 Å². The van der Waals surface area contributed by atoms with E-state index in [-0.39, 0.29) is 56.2 Å². The Kier molecular flexibility index (Phi) is 13.6. The molecule has 0 saturated heterocycles. The van der Waals surface area contributed by atoms with E-state index < -0.39 is 51.0 Å². The average molecular weight is 926 g/mol. The molecule has 2 aromatic heterocycles. The Morgan fingerprint density at radius 3 is 1.59 bits per heavy atom. The average Bonchev–Trinajstić information content (AvgIpc) is 3.24. The molecule has 0 bridgehead atoms. The highest BCUT2D eigenvalue weighted by Gasteiger charge is 2.40. The summed E-state index contributed by atoms with van der Waals surface area (Å²) in [7, 11) is 0. The third-order valence-electron chi connectivity index (χ3n) is 8.53. The van der Waals surface area contributed by atoms with Crippen LogP contribution in [0.2, 0.25) is 10.0 Å². The highest BCUT2D eigenvalue weighted by molar-refractivity contribution is 6.35. The van der Waals surface area contributed by atoms with Crippen molar-refractivity contribution in [2.75, 3.05) is 10.6 Å². The number of nitrogens with zero attached hydrogens (tertiary/aromatic N) is 4. The number of hydrogen-bond donors (Lipinski definition) is 2. The maximum atomic E-state index is 13.2. The van der Waals surface area contributed by atoms with Crippen molar-refractivity contribution in [3.63, 3.8) is 0 Å². The number of nitro benzene ring substituents is 2. The minimum absolute atomic E-state index is 0.0200. The number of amides is 2. The maximum absolute atomic E-state index is 13.2. The number of carbonyl (C=O) groups excluding carboxylic acids is 2. The molecule has 0 fully saturated rings. The lowest BCUT2D eigenvalue weighted by atomic mass is 10.1. The number of fused-ring (bicyclic) bond motifs is 1. The summed E-state index contributed by atoms with van der Waals surface area (Å²) in [5.74, 6) is -1.66. The number of nitro groups is 2. The molecule has 326 valence electrons. The second-order valence-corrected chi connectivity index (χ2v) is 13.7. The summed E-state index contributed by atoms with van der Waals surface area (Å²) in [5, 5.41) is 27.9. The molecule has 0 saturated carbocycles. The monoisotopic (exact) mass is 924 g/mol. The van der Waals surface area contributed by atoms with Crippen molar-refractivity contribution in [3.05, 3.63) is 186 Å². The van der Waals surface area contributed by atoms with Crippen molar-refractivity contribution in [1.29, 1.82) is 0 Å². The lowest BCUT2D eigenvalue weighted by molar-refractivity contribution is -0.385. The first-order valence-electron chi connectivity index (χ1n) is 17.8. The number of pyridine rings is 2. The van der Waals surface area contributed by atoms with E-state index in [0.717, 1.165) is 41.2 Å². The smallest absolute Gasteiger partial charge is 0.421 e. The van der Waals surface area contributed by atoms with Gasteiger partial charge >= 0.3 is 12.4 Å². The number of nitrogens with one attached hydrogen (secondary N) is 2. The van der Waals surface area contributed by atoms with Gasteiger partial charge in [-0.1, -0.05) is 41.4 Å². The van der Waals surface area contributed by atoms with Gasteiger partial charge in [0.05, 0.1) is 42.1 Å². The van der Waals surface area contributed by atoms with E-state index in [1.807, 2.05) is 30.3 Å². The van der Waals surface area contributed by atoms with Gasteiger partial charge in [0.1, 0.15) is 17.1 Å². The molecule has 14 nitrogen and oxygen atoms in total. The Bertz CT molecular complexity index is 2900. The number of hydrogen-bond acceptors (Lipinski definition) is 10. The van der Waals surface area contributed by atoms with Gasteiger partial charge in [0, 0.05) is 53.3 Å². The summed E-state index contributed by atoms with van der Waals surface area (Å²) in [6, 6.07) is 29.6. The number of benzene rings is 5. The van der Waals surface area contributed by atoms with Gasteiger partial charge in [0.2, 0.25) is 11.8 Å². The molecule has 5 aromatic carbocycles. The molecule has 0 atom stereocenters. The van der Waals surface area contributed by atoms with E-state index in [1.54, 1.807) is 30.3 Å². The predicted octanol–water partition coefficient (Wildman–Crippen LogP) is 12.6. The summed E-state index contributed by atoms with van der Waals surface area (Å²) in [4.78, 5) is 52.9. The van der Waals surface area contributed by atoms with Crippen molar-refractivity contribution in [2.45, 2.75) is 12.4 Å². The molecule has 64 heavy (non-hydrogen) atoms. The quantitative estimate of drug-likeness (QED) is 0.0758. The Morgan fingerprint density at radius 2 is 1.11 bits per heavy atom. The molecule has 7 aromatic rings. The largest absolute Gasteiger partial charge is 0.439 e. The summed E-state index contributed by atoms with van der Waals surface area (Å²) < 4.78 is 88.7. The van der Waals surface area contributed by atoms with Crippen LogP contribution in [-0.2, 0) is 12.4 Å². The normalized spacial score (nSPS) is 11.2. The van der Waals surface area contributed by atoms with Crippen molar-refractivity contribution in [1.82, 2.24) is 9.97 Å². The molecule has 0 aliphatic rings. The lowest BCUT2D eigenvalue weighted by Crippen LogP contribution is -2.13. The topological polar surface area (TPSA) is 189 Å². The molecule has 22 heteroatoms. The molecule has 0 spiro atoms. The summed E-state index contributed by atoms with van der Waals surface area (Å²) in [6.07, 6.45) is -10.00. The van der Waals surface area contributed by atoms with Gasteiger partial charge in [-0.15, -0.1) is 0 Å². The molecular weight excluding hydrogens is 901 g/mol. The Morgan fingerprint density at radius 1 is 0.609 bits per heavy atom. The summed E-state index contributed by atoms with van der Waals surface area (Å²) >= 11 is 11.9. The Hall–Kier alpha value is -7.84. The zero-order valence-electron chi connectivity index (χ0n) is 31.8. The van der Waals surface area contributed by atoms with E-state index >= 15 is 0 Å². The van der Waals surface area contributed by atoms with Crippen LogP contribution >= 0.6 is 23.2 Å². The van der Waals surface area contributed by atoms with Crippen LogP contribution < -0.4 is 20.1 Å². The summed E-state index contributed by atoms with van der Waals surface area (Å²) in [5.41, 5.74) is -2.64. The fourth-order valence-electron chi connectivity index (χ4n) is 5.44. The molecule has 0 aliphatic heterocycles. The van der Waals surface area contributed by atoms with Crippen LogP contribution in [0, 0.1) is 20.2 Å². The van der Waals surface area contributed by atoms with Gasteiger partial charge < -0.3 is 20.1 Å². The Balaban J connectivity index is 0.000000214. The first kappa shape index (κ1) is 45.7. The fraction of sp³-hybridized carbons (Fsp3) is 0.0476.